The van der Waals surface area contributed by atoms with Crippen LogP contribution >= 0.6 is 0 Å². The summed E-state index contributed by atoms with van der Waals surface area (Å²) < 4.78 is 42.4. The first-order chi connectivity index (χ1) is 24.3. The number of rotatable bonds is 13. The number of benzene rings is 2. The van der Waals surface area contributed by atoms with Crippen LogP contribution in [0.5, 0.6) is 28.7 Å². The number of ether oxygens (including phenoxy) is 8. The molecule has 0 spiro atoms. The van der Waals surface area contributed by atoms with E-state index in [1.807, 2.05) is 0 Å². The lowest BCUT2D eigenvalue weighted by Crippen LogP contribution is -2.62. The summed E-state index contributed by atoms with van der Waals surface area (Å²) in [6, 6.07) is 7.02. The Kier molecular flexibility index (Phi) is 13.6. The van der Waals surface area contributed by atoms with Crippen LogP contribution in [-0.2, 0) is 33.3 Å². The summed E-state index contributed by atoms with van der Waals surface area (Å²) in [4.78, 5) is 25.8. The highest BCUT2D eigenvalue weighted by Gasteiger charge is 2.50. The van der Waals surface area contributed by atoms with Crippen molar-refractivity contribution in [3.8, 4) is 28.7 Å². The highest BCUT2D eigenvalue weighted by molar-refractivity contribution is 5.88. The fourth-order valence-corrected chi connectivity index (χ4v) is 5.12. The number of aliphatic hydroxyl groups excluding tert-OH is 6. The Morgan fingerprint density at radius 1 is 0.686 bits per heavy atom. The van der Waals surface area contributed by atoms with Crippen LogP contribution < -0.4 is 14.2 Å². The fourth-order valence-electron chi connectivity index (χ4n) is 5.12. The van der Waals surface area contributed by atoms with Gasteiger partial charge in [-0.25, -0.2) is 9.59 Å². The maximum Gasteiger partial charge on any atom is 0.333 e. The molecule has 280 valence electrons. The molecule has 0 amide bonds. The van der Waals surface area contributed by atoms with Crippen LogP contribution in [0.2, 0.25) is 0 Å². The van der Waals surface area contributed by atoms with Gasteiger partial charge in [0.15, 0.2) is 35.4 Å². The van der Waals surface area contributed by atoms with E-state index >= 15 is 0 Å². The molecule has 2 aliphatic heterocycles. The SMILES string of the molecule is COc1cc(/C=C/C(=O)O[C@H]2C(OC(=O)/C=C/c3cc(OC)c(O)c(OC)c3)O[C@H](CO[C@@H]3O[C@H](CO)[C@@H](O)[C@H](O)[C@H]3O)[C@@H](O)[C@@H]2O)ccc1O. The zero-order valence-electron chi connectivity index (χ0n) is 27.5. The number of hydrogen-bond acceptors (Lipinski definition) is 18. The van der Waals surface area contributed by atoms with E-state index in [1.54, 1.807) is 0 Å². The Balaban J connectivity index is 1.53. The van der Waals surface area contributed by atoms with Gasteiger partial charge in [-0.05, 0) is 47.5 Å². The minimum absolute atomic E-state index is 0.0445. The molecule has 4 rings (SSSR count). The minimum Gasteiger partial charge on any atom is -0.504 e. The second kappa shape index (κ2) is 17.6. The second-order valence-electron chi connectivity index (χ2n) is 11.3. The number of methoxy groups -OCH3 is 3. The van der Waals surface area contributed by atoms with Gasteiger partial charge in [-0.1, -0.05) is 6.07 Å². The Morgan fingerprint density at radius 3 is 1.84 bits per heavy atom. The summed E-state index contributed by atoms with van der Waals surface area (Å²) in [5, 5.41) is 81.7. The predicted octanol–water partition coefficient (Wildman–Crippen LogP) is -1.43. The van der Waals surface area contributed by atoms with Crippen LogP contribution in [-0.4, -0.2) is 149 Å². The molecule has 8 N–H and O–H groups in total. The van der Waals surface area contributed by atoms with E-state index in [0.717, 1.165) is 12.2 Å². The molecule has 0 aliphatic carbocycles. The van der Waals surface area contributed by atoms with Crippen molar-refractivity contribution >= 4 is 24.1 Å². The second-order valence-corrected chi connectivity index (χ2v) is 11.3. The van der Waals surface area contributed by atoms with Crippen LogP contribution in [0.3, 0.4) is 0 Å². The smallest absolute Gasteiger partial charge is 0.333 e. The molecule has 51 heavy (non-hydrogen) atoms. The molecular formula is C33H40O18. The van der Waals surface area contributed by atoms with Crippen molar-refractivity contribution in [3.05, 3.63) is 53.6 Å². The maximum absolute atomic E-state index is 13.0. The first-order valence-corrected chi connectivity index (χ1v) is 15.3. The Labute approximate surface area is 290 Å². The highest BCUT2D eigenvalue weighted by atomic mass is 16.7. The third-order valence-corrected chi connectivity index (χ3v) is 7.93. The summed E-state index contributed by atoms with van der Waals surface area (Å²) >= 11 is 0. The lowest BCUT2D eigenvalue weighted by Gasteiger charge is -2.43. The summed E-state index contributed by atoms with van der Waals surface area (Å²) in [7, 11) is 3.96. The minimum atomic E-state index is -1.94. The summed E-state index contributed by atoms with van der Waals surface area (Å²) in [5.74, 6) is -2.32. The first-order valence-electron chi connectivity index (χ1n) is 15.3. The number of esters is 2. The van der Waals surface area contributed by atoms with Crippen molar-refractivity contribution in [1.29, 1.82) is 0 Å². The van der Waals surface area contributed by atoms with E-state index < -0.39 is 86.6 Å². The van der Waals surface area contributed by atoms with Gasteiger partial charge < -0.3 is 78.7 Å². The molecule has 2 saturated heterocycles. The van der Waals surface area contributed by atoms with Gasteiger partial charge in [0.1, 0.15) is 42.7 Å². The molecule has 18 heteroatoms. The van der Waals surface area contributed by atoms with Crippen molar-refractivity contribution in [3.63, 3.8) is 0 Å². The molecule has 2 fully saturated rings. The van der Waals surface area contributed by atoms with Gasteiger partial charge in [0.05, 0.1) is 34.5 Å². The van der Waals surface area contributed by atoms with Crippen molar-refractivity contribution in [2.45, 2.75) is 61.4 Å². The molecule has 2 aliphatic rings. The molecule has 1 unspecified atom stereocenters. The molecule has 18 nitrogen and oxygen atoms in total. The lowest BCUT2D eigenvalue weighted by molar-refractivity contribution is -0.327. The van der Waals surface area contributed by atoms with E-state index in [-0.39, 0.29) is 28.7 Å². The lowest BCUT2D eigenvalue weighted by atomic mass is 9.98. The normalized spacial score (nSPS) is 29.5. The van der Waals surface area contributed by atoms with Gasteiger partial charge in [-0.2, -0.15) is 0 Å². The number of aliphatic hydroxyl groups is 6. The average molecular weight is 725 g/mol. The number of hydrogen-bond donors (Lipinski definition) is 8. The molecule has 2 heterocycles. The van der Waals surface area contributed by atoms with E-state index in [9.17, 15) is 50.4 Å². The van der Waals surface area contributed by atoms with Gasteiger partial charge in [-0.3, -0.25) is 0 Å². The molecule has 10 atom stereocenters. The van der Waals surface area contributed by atoms with Gasteiger partial charge in [0.25, 0.3) is 0 Å². The van der Waals surface area contributed by atoms with Gasteiger partial charge in [0, 0.05) is 12.2 Å². The van der Waals surface area contributed by atoms with E-state index in [4.69, 9.17) is 37.9 Å². The quantitative estimate of drug-likeness (QED) is 0.0869. The first kappa shape index (κ1) is 39.3. The number of carbonyl (C=O) groups excluding carboxylic acids is 2. The molecule has 2 aromatic carbocycles. The number of phenolic OH excluding ortho intramolecular Hbond substituents is 2. The van der Waals surface area contributed by atoms with Crippen molar-refractivity contribution in [1.82, 2.24) is 0 Å². The summed E-state index contributed by atoms with van der Waals surface area (Å²) in [6.07, 6.45) is -12.6. The third kappa shape index (κ3) is 9.44. The topological polar surface area (TPSA) is 270 Å². The zero-order chi connectivity index (χ0) is 37.4. The Hall–Kier alpha value is -4.50. The fraction of sp³-hybridized carbons (Fsp3) is 0.455. The average Bonchev–Trinajstić information content (AvgIpc) is 3.12. The highest BCUT2D eigenvalue weighted by Crippen LogP contribution is 2.37. The monoisotopic (exact) mass is 724 g/mol. The number of aromatic hydroxyl groups is 2. The van der Waals surface area contributed by atoms with E-state index in [2.05, 4.69) is 0 Å². The van der Waals surface area contributed by atoms with Crippen molar-refractivity contribution in [2.24, 2.45) is 0 Å². The van der Waals surface area contributed by atoms with E-state index in [0.29, 0.717) is 11.1 Å². The maximum atomic E-state index is 13.0. The standard InChI is InChI=1S/C33H40O18/c1-44-18-10-15(4-7-17(18)35)5-8-23(36)50-31-29(42)27(40)22(14-47-32-30(43)28(41)26(39)21(13-34)48-32)49-33(31)51-24(37)9-6-16-11-19(45-2)25(38)20(12-16)46-3/h4-12,21-22,26-35,38-43H,13-14H2,1-3H3/b8-5+,9-6+/t21-,22-,26-,27-,28+,29+,30-,31-,32-,33?/m1/s1. The predicted molar refractivity (Wildman–Crippen MR) is 170 cm³/mol. The van der Waals surface area contributed by atoms with Gasteiger partial charge >= 0.3 is 11.9 Å². The molecule has 0 aromatic heterocycles. The van der Waals surface area contributed by atoms with Gasteiger partial charge in [0.2, 0.25) is 12.0 Å². The van der Waals surface area contributed by atoms with Crippen LogP contribution in [0.1, 0.15) is 11.1 Å². The largest absolute Gasteiger partial charge is 0.504 e. The molecule has 0 saturated carbocycles. The molecule has 0 radical (unpaired) electrons. The zero-order valence-corrected chi connectivity index (χ0v) is 27.5. The molecule has 2 aromatic rings. The number of carbonyl (C=O) groups is 2. The van der Waals surface area contributed by atoms with Crippen LogP contribution in [0, 0.1) is 0 Å². The van der Waals surface area contributed by atoms with Crippen LogP contribution in [0.4, 0.5) is 0 Å². The Bertz CT molecular complexity index is 1530. The van der Waals surface area contributed by atoms with Crippen molar-refractivity contribution in [2.75, 3.05) is 34.5 Å². The van der Waals surface area contributed by atoms with Crippen molar-refractivity contribution < 1.29 is 88.3 Å². The number of phenols is 2. The molecular weight excluding hydrogens is 684 g/mol. The van der Waals surface area contributed by atoms with E-state index in [1.165, 1.54) is 63.8 Å². The third-order valence-electron chi connectivity index (χ3n) is 7.93. The van der Waals surface area contributed by atoms with Crippen LogP contribution in [0.15, 0.2) is 42.5 Å². The van der Waals surface area contributed by atoms with Crippen LogP contribution in [0.25, 0.3) is 12.2 Å². The molecule has 0 bridgehead atoms. The Morgan fingerprint density at radius 2 is 1.24 bits per heavy atom. The van der Waals surface area contributed by atoms with Gasteiger partial charge in [-0.15, -0.1) is 0 Å². The summed E-state index contributed by atoms with van der Waals surface area (Å²) in [5.41, 5.74) is 0.756. The summed E-state index contributed by atoms with van der Waals surface area (Å²) in [6.45, 7) is -1.40.